The number of nitrogens with zero attached hydrogens (tertiary/aromatic N) is 2. The molecular formula is C33H30IrN2OSi-2. The second-order valence-corrected chi connectivity index (χ2v) is 15.1. The van der Waals surface area contributed by atoms with Crippen LogP contribution in [0.25, 0.3) is 44.5 Å². The van der Waals surface area contributed by atoms with Crippen molar-refractivity contribution in [3.8, 4) is 22.5 Å². The maximum atomic E-state index is 5.97. The zero-order chi connectivity index (χ0) is 25.8. The summed E-state index contributed by atoms with van der Waals surface area (Å²) in [6.45, 7) is 9.34. The summed E-state index contributed by atoms with van der Waals surface area (Å²) in [5.74, 6) is 0. The summed E-state index contributed by atoms with van der Waals surface area (Å²) in [6.07, 6.45) is 4.94. The molecule has 193 valence electrons. The normalized spacial score (nSPS) is 11.1. The molecule has 0 saturated heterocycles. The Labute approximate surface area is 239 Å². The molecule has 3 aromatic carbocycles. The number of fused-ring (bicyclic) bond motifs is 3. The molecule has 0 atom stereocenters. The van der Waals surface area contributed by atoms with Crippen molar-refractivity contribution in [3.05, 3.63) is 115 Å². The van der Waals surface area contributed by atoms with Crippen LogP contribution in [-0.2, 0) is 26.5 Å². The van der Waals surface area contributed by atoms with Crippen molar-refractivity contribution in [1.82, 2.24) is 9.97 Å². The average molecular weight is 691 g/mol. The fourth-order valence-electron chi connectivity index (χ4n) is 4.56. The number of pyridine rings is 2. The molecule has 5 heteroatoms. The minimum absolute atomic E-state index is 0. The van der Waals surface area contributed by atoms with E-state index in [1.54, 1.807) is 6.20 Å². The van der Waals surface area contributed by atoms with Crippen molar-refractivity contribution in [1.29, 1.82) is 0 Å². The summed E-state index contributed by atoms with van der Waals surface area (Å²) in [4.78, 5) is 9.01. The second-order valence-electron chi connectivity index (χ2n) is 10.0. The molecule has 0 bridgehead atoms. The molecule has 0 aliphatic carbocycles. The van der Waals surface area contributed by atoms with Crippen LogP contribution in [0.1, 0.15) is 12.5 Å². The molecule has 6 rings (SSSR count). The maximum absolute atomic E-state index is 5.97. The average Bonchev–Trinajstić information content (AvgIpc) is 3.32. The second kappa shape index (κ2) is 12.0. The van der Waals surface area contributed by atoms with E-state index in [9.17, 15) is 0 Å². The Kier molecular flexibility index (Phi) is 8.73. The third kappa shape index (κ3) is 5.86. The third-order valence-corrected chi connectivity index (χ3v) is 8.49. The zero-order valence-corrected chi connectivity index (χ0v) is 25.5. The number of benzene rings is 3. The first kappa shape index (κ1) is 27.7. The molecule has 3 heterocycles. The number of para-hydroxylation sites is 1. The Morgan fingerprint density at radius 2 is 1.58 bits per heavy atom. The van der Waals surface area contributed by atoms with Gasteiger partial charge in [0, 0.05) is 37.9 Å². The molecule has 0 N–H and O–H groups in total. The number of hydrogen-bond acceptors (Lipinski definition) is 3. The van der Waals surface area contributed by atoms with Crippen LogP contribution in [0.2, 0.25) is 19.6 Å². The van der Waals surface area contributed by atoms with E-state index < -0.39 is 8.07 Å². The van der Waals surface area contributed by atoms with Crippen LogP contribution in [0, 0.1) is 12.1 Å². The van der Waals surface area contributed by atoms with Crippen molar-refractivity contribution < 1.29 is 24.5 Å². The molecule has 0 amide bonds. The zero-order valence-electron chi connectivity index (χ0n) is 22.1. The molecule has 1 radical (unpaired) electrons. The van der Waals surface area contributed by atoms with E-state index in [0.717, 1.165) is 50.9 Å². The minimum atomic E-state index is -1.30. The van der Waals surface area contributed by atoms with Gasteiger partial charge in [0.15, 0.2) is 0 Å². The summed E-state index contributed by atoms with van der Waals surface area (Å²) < 4.78 is 5.97. The van der Waals surface area contributed by atoms with Crippen LogP contribution in [0.4, 0.5) is 0 Å². The van der Waals surface area contributed by atoms with Gasteiger partial charge in [0.05, 0.1) is 13.7 Å². The predicted octanol–water partition coefficient (Wildman–Crippen LogP) is 8.10. The van der Waals surface area contributed by atoms with Gasteiger partial charge in [-0.3, -0.25) is 0 Å². The van der Waals surface area contributed by atoms with Gasteiger partial charge in [-0.05, 0) is 35.1 Å². The quantitative estimate of drug-likeness (QED) is 0.139. The minimum Gasteiger partial charge on any atom is -0.501 e. The van der Waals surface area contributed by atoms with Gasteiger partial charge in [0.2, 0.25) is 0 Å². The standard InChI is InChI=1S/C17H10NO.C16H20NSi.Ir/c1-2-10-16-12(6-1)13-7-5-8-14(17(13)19-16)15-9-3-4-11-18-15;1-5-13-11-15(14-9-7-6-8-10-14)17-12-16(13)18(2,3)4;/h1-7,9-11H;6-9,11-12H,5H2,1-4H3;/q2*-1;. The first-order chi connectivity index (χ1) is 18.0. The first-order valence-corrected chi connectivity index (χ1v) is 16.2. The van der Waals surface area contributed by atoms with Crippen LogP contribution in [0.5, 0.6) is 0 Å². The van der Waals surface area contributed by atoms with Gasteiger partial charge in [-0.2, -0.15) is 0 Å². The Hall–Kier alpha value is -3.37. The van der Waals surface area contributed by atoms with E-state index in [1.165, 1.54) is 10.8 Å². The Bertz CT molecular complexity index is 1640. The van der Waals surface area contributed by atoms with Crippen molar-refractivity contribution >= 4 is 35.2 Å². The van der Waals surface area contributed by atoms with E-state index in [4.69, 9.17) is 4.42 Å². The summed E-state index contributed by atoms with van der Waals surface area (Å²) >= 11 is 0. The molecular weight excluding hydrogens is 661 g/mol. The third-order valence-electron chi connectivity index (χ3n) is 6.42. The SMILES string of the molecule is CCc1cc(-c2[c-]cccc2)ncc1[Si](C)(C)C.[Ir].[c-]1ccc2c(oc3ccccc32)c1-c1ccccn1. The van der Waals surface area contributed by atoms with E-state index >= 15 is 0 Å². The fraction of sp³-hybridized carbons (Fsp3) is 0.152. The van der Waals surface area contributed by atoms with Crippen LogP contribution >= 0.6 is 0 Å². The van der Waals surface area contributed by atoms with Crippen molar-refractivity contribution in [2.45, 2.75) is 33.0 Å². The monoisotopic (exact) mass is 691 g/mol. The summed E-state index contributed by atoms with van der Waals surface area (Å²) in [6, 6.07) is 34.6. The van der Waals surface area contributed by atoms with Gasteiger partial charge >= 0.3 is 0 Å². The van der Waals surface area contributed by atoms with Crippen LogP contribution < -0.4 is 5.19 Å². The molecule has 0 unspecified atom stereocenters. The largest absolute Gasteiger partial charge is 0.501 e. The molecule has 0 fully saturated rings. The predicted molar refractivity (Wildman–Crippen MR) is 157 cm³/mol. The summed E-state index contributed by atoms with van der Waals surface area (Å²) in [7, 11) is -1.30. The van der Waals surface area contributed by atoms with E-state index in [0.29, 0.717) is 0 Å². The molecule has 3 aromatic heterocycles. The van der Waals surface area contributed by atoms with Gasteiger partial charge in [0.25, 0.3) is 0 Å². The molecule has 38 heavy (non-hydrogen) atoms. The van der Waals surface area contributed by atoms with Gasteiger partial charge in [-0.25, -0.2) is 0 Å². The van der Waals surface area contributed by atoms with Crippen LogP contribution in [-0.4, -0.2) is 18.0 Å². The van der Waals surface area contributed by atoms with E-state index in [-0.39, 0.29) is 20.1 Å². The van der Waals surface area contributed by atoms with E-state index in [1.807, 2.05) is 66.7 Å². The molecule has 0 aliphatic rings. The smallest absolute Gasteiger partial charge is 0.120 e. The number of rotatable bonds is 4. The number of furan rings is 1. The molecule has 0 saturated carbocycles. The van der Waals surface area contributed by atoms with Gasteiger partial charge in [-0.1, -0.05) is 79.5 Å². The van der Waals surface area contributed by atoms with Crippen molar-refractivity contribution in [2.24, 2.45) is 0 Å². The van der Waals surface area contributed by atoms with E-state index in [2.05, 4.69) is 73.1 Å². The topological polar surface area (TPSA) is 38.9 Å². The maximum Gasteiger partial charge on any atom is 0.120 e. The molecule has 0 aliphatic heterocycles. The molecule has 6 aromatic rings. The Balaban J connectivity index is 0.000000173. The number of hydrogen-bond donors (Lipinski definition) is 0. The van der Waals surface area contributed by atoms with Gasteiger partial charge in [0.1, 0.15) is 5.58 Å². The van der Waals surface area contributed by atoms with Crippen LogP contribution in [0.3, 0.4) is 0 Å². The van der Waals surface area contributed by atoms with Crippen molar-refractivity contribution in [3.63, 3.8) is 0 Å². The Morgan fingerprint density at radius 3 is 2.29 bits per heavy atom. The molecule has 0 spiro atoms. The van der Waals surface area contributed by atoms with Gasteiger partial charge in [-0.15, -0.1) is 54.1 Å². The number of aryl methyl sites for hydroxylation is 1. The van der Waals surface area contributed by atoms with Crippen molar-refractivity contribution in [2.75, 3.05) is 0 Å². The van der Waals surface area contributed by atoms with Gasteiger partial charge < -0.3 is 14.4 Å². The summed E-state index contributed by atoms with van der Waals surface area (Å²) in [5.41, 5.74) is 7.10. The first-order valence-electron chi connectivity index (χ1n) is 12.7. The van der Waals surface area contributed by atoms with Crippen LogP contribution in [0.15, 0.2) is 102 Å². The number of aromatic nitrogens is 2. The fourth-order valence-corrected chi connectivity index (χ4v) is 6.22. The Morgan fingerprint density at radius 1 is 0.789 bits per heavy atom. The molecule has 3 nitrogen and oxygen atoms in total. The summed E-state index contributed by atoms with van der Waals surface area (Å²) in [5, 5.41) is 3.71.